The number of hydrogen-bond donors (Lipinski definition) is 3. The van der Waals surface area contributed by atoms with Crippen molar-refractivity contribution in [3.63, 3.8) is 0 Å². The van der Waals surface area contributed by atoms with E-state index in [0.717, 1.165) is 16.0 Å². The molecule has 1 aromatic carbocycles. The highest BCUT2D eigenvalue weighted by Gasteiger charge is 2.17. The summed E-state index contributed by atoms with van der Waals surface area (Å²) in [6.45, 7) is 1.90. The smallest absolute Gasteiger partial charge is 0.269 e. The third-order valence-corrected chi connectivity index (χ3v) is 3.97. The molecular formula is C12H12BrN5O2S. The lowest BCUT2D eigenvalue weighted by Gasteiger charge is -2.10. The van der Waals surface area contributed by atoms with Gasteiger partial charge in [-0.2, -0.15) is 0 Å². The van der Waals surface area contributed by atoms with Crippen molar-refractivity contribution in [3.8, 4) is 0 Å². The summed E-state index contributed by atoms with van der Waals surface area (Å²) in [7, 11) is 0. The summed E-state index contributed by atoms with van der Waals surface area (Å²) in [6, 6.07) is 5.04. The highest BCUT2D eigenvalue weighted by Crippen LogP contribution is 2.23. The minimum atomic E-state index is -0.327. The van der Waals surface area contributed by atoms with E-state index in [4.69, 9.17) is 10.9 Å². The Morgan fingerprint density at radius 3 is 3.00 bits per heavy atom. The number of oxime groups is 1. The van der Waals surface area contributed by atoms with Gasteiger partial charge in [-0.1, -0.05) is 32.5 Å². The van der Waals surface area contributed by atoms with Crippen LogP contribution in [0.25, 0.3) is 0 Å². The molecule has 0 saturated carbocycles. The van der Waals surface area contributed by atoms with Crippen molar-refractivity contribution in [1.29, 1.82) is 0 Å². The summed E-state index contributed by atoms with van der Waals surface area (Å²) >= 11 is 4.35. The zero-order valence-corrected chi connectivity index (χ0v) is 13.4. The number of halogens is 1. The molecule has 1 amide bonds. The molecular weight excluding hydrogens is 358 g/mol. The maximum Gasteiger partial charge on any atom is 0.269 e. The van der Waals surface area contributed by atoms with Crippen LogP contribution in [-0.4, -0.2) is 26.5 Å². The maximum atomic E-state index is 12.3. The molecule has 0 aliphatic rings. The van der Waals surface area contributed by atoms with Crippen LogP contribution in [0.3, 0.4) is 0 Å². The number of amidine groups is 1. The number of nitrogens with two attached hydrogens (primary N) is 1. The van der Waals surface area contributed by atoms with Gasteiger partial charge in [0.2, 0.25) is 0 Å². The minimum Gasteiger partial charge on any atom is -0.409 e. The number of amides is 1. The van der Waals surface area contributed by atoms with Gasteiger partial charge in [-0.05, 0) is 36.2 Å². The largest absolute Gasteiger partial charge is 0.409 e. The fourth-order valence-corrected chi connectivity index (χ4v) is 2.70. The molecule has 0 fully saturated rings. The van der Waals surface area contributed by atoms with E-state index in [9.17, 15) is 4.79 Å². The number of rotatable bonds is 4. The number of nitrogens with zero attached hydrogens (tertiary/aromatic N) is 3. The Bertz CT molecular complexity index is 701. The number of nitrogens with one attached hydrogen (secondary N) is 1. The summed E-state index contributed by atoms with van der Waals surface area (Å²) in [5, 5.41) is 18.4. The molecule has 2 aromatic rings. The van der Waals surface area contributed by atoms with Crippen LogP contribution in [0.4, 0.5) is 5.69 Å². The monoisotopic (exact) mass is 369 g/mol. The van der Waals surface area contributed by atoms with E-state index in [1.54, 1.807) is 18.2 Å². The predicted octanol–water partition coefficient (Wildman–Crippen LogP) is 2.21. The van der Waals surface area contributed by atoms with Gasteiger partial charge in [-0.25, -0.2) is 0 Å². The van der Waals surface area contributed by atoms with Crippen LogP contribution in [0.1, 0.15) is 27.9 Å². The van der Waals surface area contributed by atoms with Crippen LogP contribution in [0, 0.1) is 0 Å². The average molecular weight is 370 g/mol. The second-order valence-electron chi connectivity index (χ2n) is 4.03. The lowest BCUT2D eigenvalue weighted by molar-refractivity contribution is 0.102. The van der Waals surface area contributed by atoms with Crippen molar-refractivity contribution in [2.75, 3.05) is 5.32 Å². The Balaban J connectivity index is 2.35. The number of benzene rings is 1. The Morgan fingerprint density at radius 2 is 2.33 bits per heavy atom. The SMILES string of the molecule is CCc1nnsc1C(=O)Nc1cc(Br)ccc1/C(N)=N/O. The molecule has 1 aromatic heterocycles. The molecule has 0 saturated heterocycles. The van der Waals surface area contributed by atoms with Gasteiger partial charge in [-0.3, -0.25) is 4.79 Å². The first-order valence-corrected chi connectivity index (χ1v) is 7.53. The summed E-state index contributed by atoms with van der Waals surface area (Å²) in [4.78, 5) is 12.7. The molecule has 4 N–H and O–H groups in total. The number of anilines is 1. The zero-order valence-electron chi connectivity index (χ0n) is 11.0. The zero-order chi connectivity index (χ0) is 15.4. The van der Waals surface area contributed by atoms with Crippen molar-refractivity contribution in [3.05, 3.63) is 38.8 Å². The summed E-state index contributed by atoms with van der Waals surface area (Å²) < 4.78 is 4.54. The molecule has 0 atom stereocenters. The van der Waals surface area contributed by atoms with Crippen molar-refractivity contribution >= 4 is 44.9 Å². The normalized spacial score (nSPS) is 11.4. The molecule has 0 radical (unpaired) electrons. The Hall–Kier alpha value is -2.00. The van der Waals surface area contributed by atoms with Crippen molar-refractivity contribution in [1.82, 2.24) is 9.59 Å². The van der Waals surface area contributed by atoms with Gasteiger partial charge in [0.05, 0.1) is 11.4 Å². The van der Waals surface area contributed by atoms with Gasteiger partial charge in [0.25, 0.3) is 5.91 Å². The Kier molecular flexibility index (Phi) is 4.86. The second-order valence-corrected chi connectivity index (χ2v) is 5.70. The lowest BCUT2D eigenvalue weighted by Crippen LogP contribution is -2.19. The van der Waals surface area contributed by atoms with Gasteiger partial charge in [-0.15, -0.1) is 5.10 Å². The van der Waals surface area contributed by atoms with Crippen LogP contribution >= 0.6 is 27.5 Å². The quantitative estimate of drug-likeness (QED) is 0.331. The molecule has 110 valence electrons. The molecule has 0 bridgehead atoms. The van der Waals surface area contributed by atoms with Crippen LogP contribution in [0.15, 0.2) is 27.8 Å². The first-order chi connectivity index (χ1) is 10.1. The van der Waals surface area contributed by atoms with Crippen LogP contribution < -0.4 is 11.1 Å². The standard InChI is InChI=1S/C12H12BrN5O2S/c1-2-8-10(21-18-16-8)12(19)15-9-5-6(13)3-4-7(9)11(14)17-20/h3-5,20H,2H2,1H3,(H2,14,17)(H,15,19). The number of carbonyl (C=O) groups is 1. The van der Waals surface area contributed by atoms with Crippen molar-refractivity contribution in [2.24, 2.45) is 10.9 Å². The van der Waals surface area contributed by atoms with E-state index in [0.29, 0.717) is 28.2 Å². The number of aromatic nitrogens is 2. The van der Waals surface area contributed by atoms with E-state index >= 15 is 0 Å². The highest BCUT2D eigenvalue weighted by molar-refractivity contribution is 9.10. The summed E-state index contributed by atoms with van der Waals surface area (Å²) in [5.74, 6) is -0.414. The second kappa shape index (κ2) is 6.64. The van der Waals surface area contributed by atoms with Crippen LogP contribution in [0.2, 0.25) is 0 Å². The number of aryl methyl sites for hydroxylation is 1. The third kappa shape index (κ3) is 3.37. The maximum absolute atomic E-state index is 12.3. The fourth-order valence-electron chi connectivity index (χ4n) is 1.69. The van der Waals surface area contributed by atoms with E-state index < -0.39 is 0 Å². The molecule has 0 spiro atoms. The topological polar surface area (TPSA) is 113 Å². The van der Waals surface area contributed by atoms with Crippen LogP contribution in [0.5, 0.6) is 0 Å². The van der Waals surface area contributed by atoms with Gasteiger partial charge in [0.1, 0.15) is 4.88 Å². The van der Waals surface area contributed by atoms with Crippen molar-refractivity contribution in [2.45, 2.75) is 13.3 Å². The molecule has 2 rings (SSSR count). The molecule has 21 heavy (non-hydrogen) atoms. The molecule has 0 aliphatic carbocycles. The Morgan fingerprint density at radius 1 is 1.57 bits per heavy atom. The third-order valence-electron chi connectivity index (χ3n) is 2.71. The van der Waals surface area contributed by atoms with Gasteiger partial charge in [0.15, 0.2) is 5.84 Å². The first kappa shape index (κ1) is 15.4. The number of hydrogen-bond acceptors (Lipinski definition) is 6. The van der Waals surface area contributed by atoms with Gasteiger partial charge in [0, 0.05) is 10.0 Å². The van der Waals surface area contributed by atoms with E-state index in [2.05, 4.69) is 36.0 Å². The molecule has 0 aliphatic heterocycles. The Labute approximate surface area is 133 Å². The fraction of sp³-hybridized carbons (Fsp3) is 0.167. The molecule has 1 heterocycles. The van der Waals surface area contributed by atoms with Crippen LogP contribution in [-0.2, 0) is 6.42 Å². The van der Waals surface area contributed by atoms with E-state index in [1.165, 1.54) is 0 Å². The highest BCUT2D eigenvalue weighted by atomic mass is 79.9. The van der Waals surface area contributed by atoms with Gasteiger partial charge < -0.3 is 16.3 Å². The first-order valence-electron chi connectivity index (χ1n) is 5.96. The molecule has 7 nitrogen and oxygen atoms in total. The average Bonchev–Trinajstić information content (AvgIpc) is 2.95. The molecule has 9 heteroatoms. The summed E-state index contributed by atoms with van der Waals surface area (Å²) in [5.41, 5.74) is 7.10. The lowest BCUT2D eigenvalue weighted by atomic mass is 10.1. The van der Waals surface area contributed by atoms with Gasteiger partial charge >= 0.3 is 0 Å². The summed E-state index contributed by atoms with van der Waals surface area (Å²) in [6.07, 6.45) is 0.616. The van der Waals surface area contributed by atoms with E-state index in [-0.39, 0.29) is 11.7 Å². The number of carbonyl (C=O) groups excluding carboxylic acids is 1. The van der Waals surface area contributed by atoms with Crippen molar-refractivity contribution < 1.29 is 10.0 Å². The predicted molar refractivity (Wildman–Crippen MR) is 83.9 cm³/mol. The molecule has 0 unspecified atom stereocenters. The minimum absolute atomic E-state index is 0.0871. The van der Waals surface area contributed by atoms with E-state index in [1.807, 2.05) is 6.92 Å².